The molecule has 2 N–H and O–H groups in total. The first-order valence-corrected chi connectivity index (χ1v) is 8.55. The summed E-state index contributed by atoms with van der Waals surface area (Å²) in [4.78, 5) is 3.98. The Bertz CT molecular complexity index is 718. The maximum Gasteiger partial charge on any atom is 0.244 e. The van der Waals surface area contributed by atoms with E-state index in [0.717, 1.165) is 4.31 Å². The van der Waals surface area contributed by atoms with Gasteiger partial charge in [0.25, 0.3) is 0 Å². The first-order valence-electron chi connectivity index (χ1n) is 5.41. The Kier molecular flexibility index (Phi) is 4.55. The average Bonchev–Trinajstić information content (AvgIpc) is 2.88. The van der Waals surface area contributed by atoms with Gasteiger partial charge in [0, 0.05) is 12.4 Å². The predicted molar refractivity (Wildman–Crippen MR) is 81.6 cm³/mol. The number of rotatable bonds is 4. The molecule has 9 heteroatoms. The number of thiazole rings is 1. The van der Waals surface area contributed by atoms with Gasteiger partial charge in [-0.15, -0.1) is 11.3 Å². The summed E-state index contributed by atoms with van der Waals surface area (Å²) in [6.07, 6.45) is 0. The highest BCUT2D eigenvalue weighted by Crippen LogP contribution is 2.34. The van der Waals surface area contributed by atoms with E-state index in [1.54, 1.807) is 10.9 Å². The highest BCUT2D eigenvalue weighted by Gasteiger charge is 2.25. The summed E-state index contributed by atoms with van der Waals surface area (Å²) in [5.74, 6) is 0. The van der Waals surface area contributed by atoms with E-state index in [1.807, 2.05) is 0 Å². The Balaban J connectivity index is 2.37. The zero-order valence-electron chi connectivity index (χ0n) is 10.4. The van der Waals surface area contributed by atoms with Crippen molar-refractivity contribution >= 4 is 50.2 Å². The van der Waals surface area contributed by atoms with Crippen LogP contribution in [0.1, 0.15) is 5.69 Å². The molecule has 0 amide bonds. The van der Waals surface area contributed by atoms with Crippen molar-refractivity contribution < 1.29 is 8.42 Å². The molecule has 2 aromatic rings. The third kappa shape index (κ3) is 2.91. The van der Waals surface area contributed by atoms with E-state index in [9.17, 15) is 8.42 Å². The highest BCUT2D eigenvalue weighted by atomic mass is 35.5. The zero-order valence-corrected chi connectivity index (χ0v) is 13.5. The number of anilines is 1. The summed E-state index contributed by atoms with van der Waals surface area (Å²) >= 11 is 13.2. The maximum atomic E-state index is 12.5. The highest BCUT2D eigenvalue weighted by molar-refractivity contribution is 7.89. The molecule has 1 aromatic carbocycles. The predicted octanol–water partition coefficient (Wildman–Crippen LogP) is 2.85. The minimum Gasteiger partial charge on any atom is -0.396 e. The molecule has 0 saturated heterocycles. The van der Waals surface area contributed by atoms with Crippen LogP contribution in [0.3, 0.4) is 0 Å². The van der Waals surface area contributed by atoms with Gasteiger partial charge in [0.05, 0.1) is 33.5 Å². The maximum absolute atomic E-state index is 12.5. The molecule has 0 aliphatic heterocycles. The van der Waals surface area contributed by atoms with Crippen LogP contribution in [0.25, 0.3) is 0 Å². The lowest BCUT2D eigenvalue weighted by atomic mass is 10.3. The number of halogens is 2. The lowest BCUT2D eigenvalue weighted by molar-refractivity contribution is 0.463. The number of nitrogens with zero attached hydrogens (tertiary/aromatic N) is 2. The minimum atomic E-state index is -3.76. The van der Waals surface area contributed by atoms with Crippen molar-refractivity contribution in [2.75, 3.05) is 12.8 Å². The molecule has 108 valence electrons. The lowest BCUT2D eigenvalue weighted by Crippen LogP contribution is -2.27. The average molecular weight is 352 g/mol. The summed E-state index contributed by atoms with van der Waals surface area (Å²) < 4.78 is 26.1. The van der Waals surface area contributed by atoms with E-state index in [4.69, 9.17) is 28.9 Å². The molecule has 0 atom stereocenters. The smallest absolute Gasteiger partial charge is 0.244 e. The zero-order chi connectivity index (χ0) is 14.9. The van der Waals surface area contributed by atoms with E-state index in [1.165, 1.54) is 30.5 Å². The van der Waals surface area contributed by atoms with Gasteiger partial charge in [-0.1, -0.05) is 23.2 Å². The number of aromatic nitrogens is 1. The lowest BCUT2D eigenvalue weighted by Gasteiger charge is -2.17. The van der Waals surface area contributed by atoms with Crippen LogP contribution in [-0.2, 0) is 16.6 Å². The van der Waals surface area contributed by atoms with E-state index in [-0.39, 0.29) is 27.2 Å². The van der Waals surface area contributed by atoms with Gasteiger partial charge in [-0.05, 0) is 12.1 Å². The van der Waals surface area contributed by atoms with Crippen molar-refractivity contribution in [3.05, 3.63) is 38.8 Å². The molecule has 0 bridgehead atoms. The van der Waals surface area contributed by atoms with Gasteiger partial charge in [0.1, 0.15) is 4.90 Å². The van der Waals surface area contributed by atoms with Crippen LogP contribution >= 0.6 is 34.5 Å². The second kappa shape index (κ2) is 5.87. The number of nitrogen functional groups attached to an aromatic ring is 1. The Morgan fingerprint density at radius 2 is 2.10 bits per heavy atom. The van der Waals surface area contributed by atoms with Crippen LogP contribution in [0.15, 0.2) is 27.9 Å². The normalized spacial score (nSPS) is 12.0. The van der Waals surface area contributed by atoms with Crippen LogP contribution in [0, 0.1) is 0 Å². The van der Waals surface area contributed by atoms with Crippen LogP contribution in [-0.4, -0.2) is 24.8 Å². The van der Waals surface area contributed by atoms with Gasteiger partial charge in [0.2, 0.25) is 10.0 Å². The molecular weight excluding hydrogens is 341 g/mol. The standard InChI is InChI=1S/C11H11Cl2N3O2S2/c1-16(4-7-5-19-6-15-7)20(17,18)9-3-2-8(12)11(14)10(9)13/h2-3,5-6H,4,14H2,1H3. The van der Waals surface area contributed by atoms with Crippen molar-refractivity contribution in [1.82, 2.24) is 9.29 Å². The molecule has 1 heterocycles. The molecule has 0 saturated carbocycles. The molecule has 0 radical (unpaired) electrons. The van der Waals surface area contributed by atoms with Crippen LogP contribution in [0.5, 0.6) is 0 Å². The number of nitrogens with two attached hydrogens (primary N) is 1. The Labute approximate surface area is 131 Å². The molecule has 0 unspecified atom stereocenters. The molecular formula is C11H11Cl2N3O2S2. The molecule has 5 nitrogen and oxygen atoms in total. The Morgan fingerprint density at radius 1 is 1.40 bits per heavy atom. The SMILES string of the molecule is CN(Cc1cscn1)S(=O)(=O)c1ccc(Cl)c(N)c1Cl. The summed E-state index contributed by atoms with van der Waals surface area (Å²) in [5, 5.41) is 1.93. The molecule has 0 aliphatic carbocycles. The second-order valence-corrected chi connectivity index (χ2v) is 7.53. The Morgan fingerprint density at radius 3 is 2.70 bits per heavy atom. The fraction of sp³-hybridized carbons (Fsp3) is 0.182. The topological polar surface area (TPSA) is 76.3 Å². The summed E-state index contributed by atoms with van der Waals surface area (Å²) in [6, 6.07) is 2.75. The second-order valence-electron chi connectivity index (χ2n) is 4.01. The van der Waals surface area contributed by atoms with Crippen LogP contribution in [0.2, 0.25) is 10.0 Å². The molecule has 20 heavy (non-hydrogen) atoms. The molecule has 0 fully saturated rings. The Hall–Kier alpha value is -0.860. The van der Waals surface area contributed by atoms with Crippen LogP contribution < -0.4 is 5.73 Å². The molecule has 2 rings (SSSR count). The van der Waals surface area contributed by atoms with Crippen molar-refractivity contribution in [2.24, 2.45) is 0 Å². The van der Waals surface area contributed by atoms with Gasteiger partial charge >= 0.3 is 0 Å². The van der Waals surface area contributed by atoms with Crippen molar-refractivity contribution in [3.63, 3.8) is 0 Å². The fourth-order valence-corrected chi connectivity index (χ4v) is 3.97. The minimum absolute atomic E-state index is 0.0523. The van der Waals surface area contributed by atoms with E-state index in [2.05, 4.69) is 4.98 Å². The van der Waals surface area contributed by atoms with Crippen molar-refractivity contribution in [2.45, 2.75) is 11.4 Å². The number of sulfonamides is 1. The summed E-state index contributed by atoms with van der Waals surface area (Å²) in [5.41, 5.74) is 8.02. The third-order valence-corrected chi connectivity index (χ3v) is 5.98. The summed E-state index contributed by atoms with van der Waals surface area (Å²) in [6.45, 7) is 0.157. The largest absolute Gasteiger partial charge is 0.396 e. The van der Waals surface area contributed by atoms with E-state index in [0.29, 0.717) is 5.69 Å². The number of hydrogen-bond donors (Lipinski definition) is 1. The summed E-state index contributed by atoms with van der Waals surface area (Å²) in [7, 11) is -2.30. The van der Waals surface area contributed by atoms with Crippen LogP contribution in [0.4, 0.5) is 5.69 Å². The van der Waals surface area contributed by atoms with Gasteiger partial charge in [0.15, 0.2) is 0 Å². The molecule has 0 spiro atoms. The third-order valence-electron chi connectivity index (χ3n) is 2.65. The first-order chi connectivity index (χ1) is 9.34. The monoisotopic (exact) mass is 351 g/mol. The quantitative estimate of drug-likeness (QED) is 0.859. The van der Waals surface area contributed by atoms with Gasteiger partial charge in [-0.25, -0.2) is 13.4 Å². The van der Waals surface area contributed by atoms with Gasteiger partial charge in [-0.3, -0.25) is 0 Å². The van der Waals surface area contributed by atoms with E-state index < -0.39 is 10.0 Å². The van der Waals surface area contributed by atoms with E-state index >= 15 is 0 Å². The van der Waals surface area contributed by atoms with Crippen molar-refractivity contribution in [1.29, 1.82) is 0 Å². The van der Waals surface area contributed by atoms with Gasteiger partial charge in [-0.2, -0.15) is 4.31 Å². The number of hydrogen-bond acceptors (Lipinski definition) is 5. The molecule has 0 aliphatic rings. The molecule has 1 aromatic heterocycles. The fourth-order valence-electron chi connectivity index (χ4n) is 1.55. The first kappa shape index (κ1) is 15.5. The van der Waals surface area contributed by atoms with Crippen molar-refractivity contribution in [3.8, 4) is 0 Å². The number of benzene rings is 1. The van der Waals surface area contributed by atoms with Gasteiger partial charge < -0.3 is 5.73 Å².